The minimum Gasteiger partial charge on any atom is -0.489 e. The van der Waals surface area contributed by atoms with Crippen LogP contribution in [-0.2, 0) is 18.3 Å². The second-order valence-corrected chi connectivity index (χ2v) is 9.37. The van der Waals surface area contributed by atoms with Crippen molar-refractivity contribution >= 4 is 11.9 Å². The zero-order chi connectivity index (χ0) is 24.9. The molecule has 1 aliphatic carbocycles. The van der Waals surface area contributed by atoms with Crippen LogP contribution in [0.4, 0.5) is 5.95 Å². The van der Waals surface area contributed by atoms with Crippen LogP contribution in [0.2, 0.25) is 0 Å². The molecule has 1 fully saturated rings. The number of pyridine rings is 1. The lowest BCUT2D eigenvalue weighted by Crippen LogP contribution is -2.29. The standard InChI is InChI=1S/C25H33N7O3/c1-15(2)19-10-12-26-25(29-19)27-13-11-21-23(30-31-32(21)4)20-8-9-22(16(3)28-20)35-18-7-5-6-17(14-18)24(33)34/h8-10,12,15,17-18H,5-7,11,13-14H2,1-4H3,(H,33,34)(H,26,27,29)/t17-,18-/m0/s1. The smallest absolute Gasteiger partial charge is 0.306 e. The minimum atomic E-state index is -0.743. The van der Waals surface area contributed by atoms with Crippen molar-refractivity contribution in [2.45, 2.75) is 64.9 Å². The maximum atomic E-state index is 11.4. The van der Waals surface area contributed by atoms with Gasteiger partial charge in [0.05, 0.1) is 29.1 Å². The van der Waals surface area contributed by atoms with Crippen molar-refractivity contribution in [3.8, 4) is 17.1 Å². The van der Waals surface area contributed by atoms with Gasteiger partial charge in [-0.15, -0.1) is 5.10 Å². The Morgan fingerprint density at radius 1 is 1.26 bits per heavy atom. The first-order valence-corrected chi connectivity index (χ1v) is 12.1. The van der Waals surface area contributed by atoms with Gasteiger partial charge in [-0.05, 0) is 56.7 Å². The lowest BCUT2D eigenvalue weighted by molar-refractivity contribution is -0.143. The van der Waals surface area contributed by atoms with E-state index in [2.05, 4.69) is 39.4 Å². The fraction of sp³-hybridized carbons (Fsp3) is 0.520. The lowest BCUT2D eigenvalue weighted by Gasteiger charge is -2.27. The van der Waals surface area contributed by atoms with Crippen molar-refractivity contribution in [3.63, 3.8) is 0 Å². The van der Waals surface area contributed by atoms with E-state index in [0.717, 1.165) is 41.3 Å². The number of hydrogen-bond acceptors (Lipinski definition) is 8. The van der Waals surface area contributed by atoms with Crippen LogP contribution >= 0.6 is 0 Å². The van der Waals surface area contributed by atoms with Gasteiger partial charge in [-0.2, -0.15) is 0 Å². The number of aryl methyl sites for hydroxylation is 2. The maximum absolute atomic E-state index is 11.4. The third kappa shape index (κ3) is 5.93. The van der Waals surface area contributed by atoms with E-state index in [1.807, 2.05) is 32.2 Å². The van der Waals surface area contributed by atoms with Gasteiger partial charge in [0, 0.05) is 31.9 Å². The summed E-state index contributed by atoms with van der Waals surface area (Å²) in [6.07, 6.45) is 5.29. The van der Waals surface area contributed by atoms with Crippen molar-refractivity contribution < 1.29 is 14.6 Å². The van der Waals surface area contributed by atoms with E-state index in [-0.39, 0.29) is 12.0 Å². The van der Waals surface area contributed by atoms with E-state index in [4.69, 9.17) is 9.72 Å². The molecule has 0 radical (unpaired) electrons. The van der Waals surface area contributed by atoms with Crippen LogP contribution < -0.4 is 10.1 Å². The summed E-state index contributed by atoms with van der Waals surface area (Å²) in [5, 5.41) is 21.2. The number of hydrogen-bond donors (Lipinski definition) is 2. The number of ether oxygens (including phenoxy) is 1. The Kier molecular flexibility index (Phi) is 7.57. The number of carboxylic acid groups (broad SMARTS) is 1. The molecule has 3 heterocycles. The Balaban J connectivity index is 1.43. The predicted molar refractivity (Wildman–Crippen MR) is 131 cm³/mol. The largest absolute Gasteiger partial charge is 0.489 e. The van der Waals surface area contributed by atoms with E-state index in [0.29, 0.717) is 43.4 Å². The first-order valence-electron chi connectivity index (χ1n) is 12.1. The molecule has 3 aromatic heterocycles. The molecule has 2 atom stereocenters. The van der Waals surface area contributed by atoms with Crippen LogP contribution in [0.3, 0.4) is 0 Å². The van der Waals surface area contributed by atoms with E-state index >= 15 is 0 Å². The van der Waals surface area contributed by atoms with Gasteiger partial charge in [-0.3, -0.25) is 9.48 Å². The Bertz CT molecular complexity index is 1180. The summed E-state index contributed by atoms with van der Waals surface area (Å²) in [4.78, 5) is 25.0. The van der Waals surface area contributed by atoms with Crippen LogP contribution in [0.5, 0.6) is 5.75 Å². The molecule has 4 rings (SSSR count). The molecule has 0 aliphatic heterocycles. The Labute approximate surface area is 205 Å². The second-order valence-electron chi connectivity index (χ2n) is 9.37. The van der Waals surface area contributed by atoms with E-state index in [1.165, 1.54) is 0 Å². The predicted octanol–water partition coefficient (Wildman–Crippen LogP) is 3.78. The highest BCUT2D eigenvalue weighted by molar-refractivity contribution is 5.70. The molecule has 0 bridgehead atoms. The van der Waals surface area contributed by atoms with Crippen LogP contribution in [-0.4, -0.2) is 53.7 Å². The van der Waals surface area contributed by atoms with E-state index in [9.17, 15) is 9.90 Å². The zero-order valence-corrected chi connectivity index (χ0v) is 20.7. The maximum Gasteiger partial charge on any atom is 0.306 e. The van der Waals surface area contributed by atoms with Gasteiger partial charge in [0.1, 0.15) is 11.4 Å². The highest BCUT2D eigenvalue weighted by Crippen LogP contribution is 2.30. The fourth-order valence-corrected chi connectivity index (χ4v) is 4.39. The quantitative estimate of drug-likeness (QED) is 0.471. The molecule has 1 aliphatic rings. The molecule has 0 amide bonds. The van der Waals surface area contributed by atoms with Gasteiger partial charge in [0.2, 0.25) is 5.95 Å². The van der Waals surface area contributed by atoms with Crippen LogP contribution in [0.15, 0.2) is 24.4 Å². The molecular formula is C25H33N7O3. The number of carbonyl (C=O) groups is 1. The van der Waals surface area contributed by atoms with E-state index < -0.39 is 5.97 Å². The number of aliphatic carboxylic acids is 1. The van der Waals surface area contributed by atoms with E-state index in [1.54, 1.807) is 10.9 Å². The lowest BCUT2D eigenvalue weighted by atomic mass is 9.87. The summed E-state index contributed by atoms with van der Waals surface area (Å²) < 4.78 is 7.90. The van der Waals surface area contributed by atoms with Crippen molar-refractivity contribution in [1.29, 1.82) is 0 Å². The normalized spacial score (nSPS) is 18.0. The van der Waals surface area contributed by atoms with Gasteiger partial charge in [-0.1, -0.05) is 19.1 Å². The summed E-state index contributed by atoms with van der Waals surface area (Å²) in [5.41, 5.74) is 4.15. The van der Waals surface area contributed by atoms with Gasteiger partial charge in [0.25, 0.3) is 0 Å². The molecule has 35 heavy (non-hydrogen) atoms. The number of rotatable bonds is 9. The average molecular weight is 480 g/mol. The summed E-state index contributed by atoms with van der Waals surface area (Å²) in [7, 11) is 1.87. The number of carboxylic acids is 1. The first-order chi connectivity index (χ1) is 16.8. The van der Waals surface area contributed by atoms with Crippen LogP contribution in [0.25, 0.3) is 11.4 Å². The van der Waals surface area contributed by atoms with Crippen molar-refractivity contribution in [2.24, 2.45) is 13.0 Å². The minimum absolute atomic E-state index is 0.106. The van der Waals surface area contributed by atoms with Crippen molar-refractivity contribution in [3.05, 3.63) is 41.5 Å². The monoisotopic (exact) mass is 479 g/mol. The average Bonchev–Trinajstić information content (AvgIpc) is 3.21. The second kappa shape index (κ2) is 10.8. The summed E-state index contributed by atoms with van der Waals surface area (Å²) in [6.45, 7) is 6.73. The number of nitrogens with zero attached hydrogens (tertiary/aromatic N) is 6. The summed E-state index contributed by atoms with van der Waals surface area (Å²) >= 11 is 0. The van der Waals surface area contributed by atoms with Gasteiger partial charge in [0.15, 0.2) is 0 Å². The highest BCUT2D eigenvalue weighted by atomic mass is 16.5. The molecule has 186 valence electrons. The first kappa shape index (κ1) is 24.6. The molecule has 0 aromatic carbocycles. The molecular weight excluding hydrogens is 446 g/mol. The third-order valence-electron chi connectivity index (χ3n) is 6.41. The van der Waals surface area contributed by atoms with Crippen LogP contribution in [0.1, 0.15) is 62.5 Å². The van der Waals surface area contributed by atoms with Gasteiger partial charge < -0.3 is 15.2 Å². The molecule has 10 nitrogen and oxygen atoms in total. The molecule has 1 saturated carbocycles. The van der Waals surface area contributed by atoms with Gasteiger partial charge in [-0.25, -0.2) is 15.0 Å². The topological polar surface area (TPSA) is 128 Å². The number of anilines is 1. The Morgan fingerprint density at radius 3 is 2.83 bits per heavy atom. The van der Waals surface area contributed by atoms with Crippen molar-refractivity contribution in [1.82, 2.24) is 29.9 Å². The van der Waals surface area contributed by atoms with Crippen molar-refractivity contribution in [2.75, 3.05) is 11.9 Å². The summed E-state index contributed by atoms with van der Waals surface area (Å²) in [5.74, 6) is 0.544. The van der Waals surface area contributed by atoms with Gasteiger partial charge >= 0.3 is 5.97 Å². The molecule has 2 N–H and O–H groups in total. The molecule has 0 unspecified atom stereocenters. The molecule has 0 spiro atoms. The number of aromatic nitrogens is 6. The fourth-order valence-electron chi connectivity index (χ4n) is 4.39. The molecule has 3 aromatic rings. The molecule has 0 saturated heterocycles. The highest BCUT2D eigenvalue weighted by Gasteiger charge is 2.28. The SMILES string of the molecule is Cc1nc(-c2nnn(C)c2CCNc2nccc(C(C)C)n2)ccc1O[C@H]1CCC[C@H](C(=O)O)C1. The number of nitrogens with one attached hydrogen (secondary N) is 1. The van der Waals surface area contributed by atoms with Crippen LogP contribution in [0, 0.1) is 12.8 Å². The zero-order valence-electron chi connectivity index (χ0n) is 20.7. The Hall–Kier alpha value is -3.56. The third-order valence-corrected chi connectivity index (χ3v) is 6.41. The molecule has 10 heteroatoms. The summed E-state index contributed by atoms with van der Waals surface area (Å²) in [6, 6.07) is 5.71. The Morgan fingerprint density at radius 2 is 2.09 bits per heavy atom.